The molecular formula is C21H23N3O3. The average Bonchev–Trinajstić information content (AvgIpc) is 3.12. The lowest BCUT2D eigenvalue weighted by Crippen LogP contribution is -2.28. The van der Waals surface area contributed by atoms with Crippen LogP contribution >= 0.6 is 0 Å². The molecule has 6 heteroatoms. The molecule has 27 heavy (non-hydrogen) atoms. The van der Waals surface area contributed by atoms with E-state index in [2.05, 4.69) is 10.3 Å². The van der Waals surface area contributed by atoms with Gasteiger partial charge in [0.1, 0.15) is 0 Å². The van der Waals surface area contributed by atoms with Crippen LogP contribution in [-0.4, -0.2) is 36.1 Å². The number of pyridine rings is 1. The van der Waals surface area contributed by atoms with Crippen molar-refractivity contribution < 1.29 is 14.3 Å². The number of rotatable bonds is 4. The predicted octanol–water partition coefficient (Wildman–Crippen LogP) is 3.18. The number of amides is 2. The van der Waals surface area contributed by atoms with Crippen LogP contribution in [0.1, 0.15) is 41.6 Å². The first kappa shape index (κ1) is 17.7. The summed E-state index contributed by atoms with van der Waals surface area (Å²) in [5.74, 6) is -0.0729. The molecule has 1 aromatic heterocycles. The van der Waals surface area contributed by atoms with Gasteiger partial charge in [-0.25, -0.2) is 0 Å². The molecule has 3 heterocycles. The number of aromatic nitrogens is 1. The molecule has 1 atom stereocenters. The van der Waals surface area contributed by atoms with E-state index >= 15 is 0 Å². The van der Waals surface area contributed by atoms with E-state index in [4.69, 9.17) is 4.74 Å². The van der Waals surface area contributed by atoms with Gasteiger partial charge in [0.25, 0.3) is 5.91 Å². The second-order valence-electron chi connectivity index (χ2n) is 7.03. The molecule has 2 aliphatic rings. The van der Waals surface area contributed by atoms with Crippen molar-refractivity contribution in [2.24, 2.45) is 0 Å². The van der Waals surface area contributed by atoms with Crippen molar-refractivity contribution in [2.45, 2.75) is 38.2 Å². The van der Waals surface area contributed by atoms with Crippen LogP contribution in [0.4, 0.5) is 11.4 Å². The highest BCUT2D eigenvalue weighted by atomic mass is 16.5. The first-order chi connectivity index (χ1) is 13.2. The second kappa shape index (κ2) is 7.88. The highest BCUT2D eigenvalue weighted by Gasteiger charge is 2.26. The van der Waals surface area contributed by atoms with Crippen molar-refractivity contribution in [1.29, 1.82) is 0 Å². The Kier molecular flexibility index (Phi) is 5.16. The zero-order valence-electron chi connectivity index (χ0n) is 15.2. The zero-order valence-corrected chi connectivity index (χ0v) is 15.2. The van der Waals surface area contributed by atoms with Gasteiger partial charge in [0.15, 0.2) is 0 Å². The highest BCUT2D eigenvalue weighted by molar-refractivity contribution is 6.07. The standard InChI is InChI=1S/C21H23N3O3/c25-20(13-18-5-1-2-11-27-18)23-17-6-7-19-15(12-17)8-10-24(19)21(26)16-4-3-9-22-14-16/h3-4,6-7,9,12,14,18H,1-2,5,8,10-11,13H2,(H,23,25). The summed E-state index contributed by atoms with van der Waals surface area (Å²) < 4.78 is 5.63. The lowest BCUT2D eigenvalue weighted by Gasteiger charge is -2.22. The van der Waals surface area contributed by atoms with Crippen LogP contribution in [0.3, 0.4) is 0 Å². The lowest BCUT2D eigenvalue weighted by atomic mass is 10.1. The molecule has 140 valence electrons. The van der Waals surface area contributed by atoms with E-state index < -0.39 is 0 Å². The zero-order chi connectivity index (χ0) is 18.6. The minimum Gasteiger partial charge on any atom is -0.378 e. The third kappa shape index (κ3) is 4.01. The van der Waals surface area contributed by atoms with Gasteiger partial charge in [-0.2, -0.15) is 0 Å². The molecule has 0 aliphatic carbocycles. The number of nitrogens with zero attached hydrogens (tertiary/aromatic N) is 2. The first-order valence-corrected chi connectivity index (χ1v) is 9.47. The van der Waals surface area contributed by atoms with Gasteiger partial charge in [0, 0.05) is 36.9 Å². The Morgan fingerprint density at radius 2 is 2.19 bits per heavy atom. The topological polar surface area (TPSA) is 71.5 Å². The smallest absolute Gasteiger partial charge is 0.259 e. The molecule has 0 spiro atoms. The molecule has 1 unspecified atom stereocenters. The second-order valence-corrected chi connectivity index (χ2v) is 7.03. The number of fused-ring (bicyclic) bond motifs is 1. The summed E-state index contributed by atoms with van der Waals surface area (Å²) in [4.78, 5) is 30.8. The SMILES string of the molecule is O=C(CC1CCCCO1)Nc1ccc2c(c1)CCN2C(=O)c1cccnc1. The highest BCUT2D eigenvalue weighted by Crippen LogP contribution is 2.31. The maximum atomic E-state index is 12.7. The summed E-state index contributed by atoms with van der Waals surface area (Å²) in [7, 11) is 0. The minimum absolute atomic E-state index is 0.0249. The first-order valence-electron chi connectivity index (χ1n) is 9.47. The van der Waals surface area contributed by atoms with Crippen molar-refractivity contribution >= 4 is 23.2 Å². The van der Waals surface area contributed by atoms with E-state index in [0.29, 0.717) is 18.5 Å². The van der Waals surface area contributed by atoms with Crippen LogP contribution < -0.4 is 10.2 Å². The predicted molar refractivity (Wildman–Crippen MR) is 103 cm³/mol. The van der Waals surface area contributed by atoms with Gasteiger partial charge in [0.2, 0.25) is 5.91 Å². The number of carbonyl (C=O) groups is 2. The maximum absolute atomic E-state index is 12.7. The molecule has 2 amide bonds. The van der Waals surface area contributed by atoms with Crippen LogP contribution in [0.5, 0.6) is 0 Å². The number of benzene rings is 1. The Hall–Kier alpha value is -2.73. The Labute approximate surface area is 158 Å². The Balaban J connectivity index is 1.42. The van der Waals surface area contributed by atoms with Crippen molar-refractivity contribution in [3.05, 3.63) is 53.9 Å². The molecule has 1 N–H and O–H groups in total. The number of anilines is 2. The van der Waals surface area contributed by atoms with Crippen molar-refractivity contribution in [1.82, 2.24) is 4.98 Å². The average molecular weight is 365 g/mol. The molecule has 1 fully saturated rings. The molecule has 1 saturated heterocycles. The number of hydrogen-bond acceptors (Lipinski definition) is 4. The van der Waals surface area contributed by atoms with E-state index in [9.17, 15) is 9.59 Å². The summed E-state index contributed by atoms with van der Waals surface area (Å²) >= 11 is 0. The fourth-order valence-electron chi connectivity index (χ4n) is 3.72. The molecule has 4 rings (SSSR count). The van der Waals surface area contributed by atoms with Gasteiger partial charge in [-0.1, -0.05) is 0 Å². The number of ether oxygens (including phenoxy) is 1. The van der Waals surface area contributed by atoms with Crippen LogP contribution in [0.15, 0.2) is 42.7 Å². The molecule has 0 bridgehead atoms. The quantitative estimate of drug-likeness (QED) is 0.903. The summed E-state index contributed by atoms with van der Waals surface area (Å²) in [6.07, 6.45) is 7.59. The van der Waals surface area contributed by atoms with E-state index in [1.165, 1.54) is 0 Å². The van der Waals surface area contributed by atoms with Crippen LogP contribution in [0.25, 0.3) is 0 Å². The third-order valence-electron chi connectivity index (χ3n) is 5.10. The van der Waals surface area contributed by atoms with Gasteiger partial charge in [-0.3, -0.25) is 14.6 Å². The Bertz CT molecular complexity index is 832. The van der Waals surface area contributed by atoms with Gasteiger partial charge in [0.05, 0.1) is 18.1 Å². The molecule has 2 aromatic rings. The van der Waals surface area contributed by atoms with Gasteiger partial charge >= 0.3 is 0 Å². The summed E-state index contributed by atoms with van der Waals surface area (Å²) in [6.45, 7) is 1.38. The third-order valence-corrected chi connectivity index (χ3v) is 5.10. The van der Waals surface area contributed by atoms with Gasteiger partial charge in [-0.15, -0.1) is 0 Å². The van der Waals surface area contributed by atoms with E-state index in [1.807, 2.05) is 18.2 Å². The van der Waals surface area contributed by atoms with Gasteiger partial charge < -0.3 is 15.0 Å². The van der Waals surface area contributed by atoms with E-state index in [1.54, 1.807) is 29.4 Å². The Morgan fingerprint density at radius 1 is 1.26 bits per heavy atom. The molecule has 6 nitrogen and oxygen atoms in total. The molecular weight excluding hydrogens is 342 g/mol. The van der Waals surface area contributed by atoms with E-state index in [-0.39, 0.29) is 17.9 Å². The van der Waals surface area contributed by atoms with Crippen molar-refractivity contribution in [3.8, 4) is 0 Å². The summed E-state index contributed by atoms with van der Waals surface area (Å²) in [5.41, 5.74) is 3.32. The normalized spacial score (nSPS) is 18.8. The lowest BCUT2D eigenvalue weighted by molar-refractivity contribution is -0.119. The number of hydrogen-bond donors (Lipinski definition) is 1. The largest absolute Gasteiger partial charge is 0.378 e. The molecule has 0 radical (unpaired) electrons. The van der Waals surface area contributed by atoms with Crippen molar-refractivity contribution in [2.75, 3.05) is 23.4 Å². The number of nitrogens with one attached hydrogen (secondary N) is 1. The Morgan fingerprint density at radius 3 is 2.96 bits per heavy atom. The van der Waals surface area contributed by atoms with Crippen LogP contribution in [0.2, 0.25) is 0 Å². The van der Waals surface area contributed by atoms with Gasteiger partial charge in [-0.05, 0) is 61.6 Å². The molecule has 0 saturated carbocycles. The summed E-state index contributed by atoms with van der Waals surface area (Å²) in [5, 5.41) is 2.96. The number of carbonyl (C=O) groups excluding carboxylic acids is 2. The van der Waals surface area contributed by atoms with Crippen molar-refractivity contribution in [3.63, 3.8) is 0 Å². The molecule has 2 aliphatic heterocycles. The summed E-state index contributed by atoms with van der Waals surface area (Å²) in [6, 6.07) is 9.26. The van der Waals surface area contributed by atoms with Crippen LogP contribution in [0, 0.1) is 0 Å². The fourth-order valence-corrected chi connectivity index (χ4v) is 3.72. The molecule has 1 aromatic carbocycles. The monoisotopic (exact) mass is 365 g/mol. The van der Waals surface area contributed by atoms with Crippen LogP contribution in [-0.2, 0) is 16.0 Å². The van der Waals surface area contributed by atoms with E-state index in [0.717, 1.165) is 49.2 Å². The maximum Gasteiger partial charge on any atom is 0.259 e. The fraction of sp³-hybridized carbons (Fsp3) is 0.381. The minimum atomic E-state index is -0.0481.